The van der Waals surface area contributed by atoms with Gasteiger partial charge in [-0.3, -0.25) is 14.3 Å². The van der Waals surface area contributed by atoms with Crippen LogP contribution in [0.4, 0.5) is 0 Å². The Bertz CT molecular complexity index is 1210. The predicted octanol–water partition coefficient (Wildman–Crippen LogP) is 2.85. The number of amides is 1. The molecule has 0 radical (unpaired) electrons. The van der Waals surface area contributed by atoms with Crippen LogP contribution >= 0.6 is 11.3 Å². The van der Waals surface area contributed by atoms with Crippen LogP contribution in [-0.4, -0.2) is 27.0 Å². The van der Waals surface area contributed by atoms with Crippen molar-refractivity contribution in [3.05, 3.63) is 80.5 Å². The van der Waals surface area contributed by atoms with Gasteiger partial charge in [0.2, 0.25) is 0 Å². The van der Waals surface area contributed by atoms with Gasteiger partial charge in [0.15, 0.2) is 5.65 Å². The van der Waals surface area contributed by atoms with Gasteiger partial charge in [-0.15, -0.1) is 0 Å². The van der Waals surface area contributed by atoms with Crippen LogP contribution in [-0.2, 0) is 6.42 Å². The molecule has 1 amide bonds. The molecule has 1 aliphatic heterocycles. The van der Waals surface area contributed by atoms with E-state index in [0.29, 0.717) is 17.8 Å². The van der Waals surface area contributed by atoms with Crippen LogP contribution in [0.3, 0.4) is 0 Å². The molecule has 4 aromatic rings. The molecule has 2 N–H and O–H groups in total. The summed E-state index contributed by atoms with van der Waals surface area (Å²) in [6.45, 7) is 0.593. The van der Waals surface area contributed by atoms with Crippen LogP contribution in [0.25, 0.3) is 16.9 Å². The lowest BCUT2D eigenvalue weighted by Crippen LogP contribution is -2.36. The van der Waals surface area contributed by atoms with Gasteiger partial charge in [0.1, 0.15) is 0 Å². The first kappa shape index (κ1) is 16.0. The molecule has 7 heteroatoms. The quantitative estimate of drug-likeness (QED) is 0.577. The van der Waals surface area contributed by atoms with Crippen molar-refractivity contribution in [2.24, 2.45) is 0 Å². The molecular weight excluding hydrogens is 360 g/mol. The highest BCUT2D eigenvalue weighted by atomic mass is 32.1. The number of fused-ring (bicyclic) bond motifs is 2. The highest BCUT2D eigenvalue weighted by Gasteiger charge is 2.26. The molecule has 0 saturated carbocycles. The maximum absolute atomic E-state index is 12.5. The molecule has 1 unspecified atom stereocenters. The third-order valence-corrected chi connectivity index (χ3v) is 5.74. The van der Waals surface area contributed by atoms with Gasteiger partial charge >= 0.3 is 5.69 Å². The maximum Gasteiger partial charge on any atom is 0.332 e. The van der Waals surface area contributed by atoms with E-state index in [0.717, 1.165) is 23.2 Å². The highest BCUT2D eigenvalue weighted by molar-refractivity contribution is 7.07. The summed E-state index contributed by atoms with van der Waals surface area (Å²) in [7, 11) is 0. The molecule has 0 saturated heterocycles. The van der Waals surface area contributed by atoms with E-state index in [1.54, 1.807) is 34.2 Å². The number of aromatic nitrogens is 3. The Hall–Kier alpha value is -3.19. The third kappa shape index (κ3) is 2.67. The van der Waals surface area contributed by atoms with E-state index in [1.165, 1.54) is 5.56 Å². The summed E-state index contributed by atoms with van der Waals surface area (Å²) in [6, 6.07) is 11.4. The number of nitrogens with zero attached hydrogens (tertiary/aromatic N) is 2. The van der Waals surface area contributed by atoms with E-state index in [4.69, 9.17) is 0 Å². The normalized spacial score (nSPS) is 16.3. The van der Waals surface area contributed by atoms with Crippen molar-refractivity contribution in [3.8, 4) is 5.69 Å². The molecule has 4 heterocycles. The van der Waals surface area contributed by atoms with Crippen LogP contribution < -0.4 is 11.0 Å². The zero-order valence-corrected chi connectivity index (χ0v) is 15.1. The van der Waals surface area contributed by atoms with Crippen molar-refractivity contribution in [1.82, 2.24) is 19.9 Å². The largest absolute Gasteiger partial charge is 0.351 e. The molecule has 5 rings (SSSR count). The van der Waals surface area contributed by atoms with Crippen molar-refractivity contribution >= 4 is 28.4 Å². The number of imidazole rings is 1. The fraction of sp³-hybridized carbons (Fsp3) is 0.150. The molecule has 6 nitrogen and oxygen atoms in total. The number of nitrogens with one attached hydrogen (secondary N) is 2. The monoisotopic (exact) mass is 376 g/mol. The van der Waals surface area contributed by atoms with Gasteiger partial charge in [-0.1, -0.05) is 0 Å². The molecule has 27 heavy (non-hydrogen) atoms. The fourth-order valence-electron chi connectivity index (χ4n) is 3.73. The highest BCUT2D eigenvalue weighted by Crippen LogP contribution is 2.30. The molecule has 1 aliphatic rings. The molecule has 0 aliphatic carbocycles. The first-order chi connectivity index (χ1) is 13.2. The Morgan fingerprint density at radius 2 is 2.15 bits per heavy atom. The molecule has 1 aromatic carbocycles. The molecule has 1 atom stereocenters. The summed E-state index contributed by atoms with van der Waals surface area (Å²) in [6.07, 6.45) is 2.50. The Morgan fingerprint density at radius 3 is 3.00 bits per heavy atom. The smallest absolute Gasteiger partial charge is 0.332 e. The van der Waals surface area contributed by atoms with Crippen molar-refractivity contribution < 1.29 is 4.79 Å². The van der Waals surface area contributed by atoms with Gasteiger partial charge in [0.25, 0.3) is 5.91 Å². The number of thiophene rings is 1. The molecule has 0 spiro atoms. The summed E-state index contributed by atoms with van der Waals surface area (Å²) in [4.78, 5) is 31.8. The number of H-pyrrole nitrogens is 1. The number of benzene rings is 1. The van der Waals surface area contributed by atoms with Crippen LogP contribution in [0, 0.1) is 0 Å². The number of pyridine rings is 1. The second-order valence-electron chi connectivity index (χ2n) is 6.65. The second kappa shape index (κ2) is 6.21. The Labute approximate surface area is 158 Å². The van der Waals surface area contributed by atoms with Crippen LogP contribution in [0.1, 0.15) is 27.4 Å². The Morgan fingerprint density at radius 1 is 1.22 bits per heavy atom. The van der Waals surface area contributed by atoms with Crippen LogP contribution in [0.15, 0.2) is 58.1 Å². The molecule has 0 fully saturated rings. The number of rotatable bonds is 3. The van der Waals surface area contributed by atoms with Crippen molar-refractivity contribution in [3.63, 3.8) is 0 Å². The number of aromatic amines is 1. The van der Waals surface area contributed by atoms with Crippen molar-refractivity contribution in [2.45, 2.75) is 12.3 Å². The molecule has 3 aromatic heterocycles. The lowest BCUT2D eigenvalue weighted by molar-refractivity contribution is 0.0940. The topological polar surface area (TPSA) is 79.8 Å². The van der Waals surface area contributed by atoms with E-state index < -0.39 is 0 Å². The van der Waals surface area contributed by atoms with Gasteiger partial charge in [-0.2, -0.15) is 11.3 Å². The van der Waals surface area contributed by atoms with E-state index in [2.05, 4.69) is 32.1 Å². The summed E-state index contributed by atoms with van der Waals surface area (Å²) in [5, 5.41) is 7.17. The van der Waals surface area contributed by atoms with Crippen LogP contribution in [0.2, 0.25) is 0 Å². The zero-order valence-electron chi connectivity index (χ0n) is 14.3. The van der Waals surface area contributed by atoms with E-state index in [9.17, 15) is 9.59 Å². The van der Waals surface area contributed by atoms with Gasteiger partial charge in [-0.05, 0) is 64.7 Å². The van der Waals surface area contributed by atoms with E-state index >= 15 is 0 Å². The summed E-state index contributed by atoms with van der Waals surface area (Å²) in [5.74, 6) is 0.109. The first-order valence-electron chi connectivity index (χ1n) is 8.70. The van der Waals surface area contributed by atoms with Crippen molar-refractivity contribution in [1.29, 1.82) is 0 Å². The van der Waals surface area contributed by atoms with E-state index in [-0.39, 0.29) is 17.5 Å². The average molecular weight is 376 g/mol. The molecule has 0 bridgehead atoms. The molecular formula is C20H16N4O2S. The first-order valence-corrected chi connectivity index (χ1v) is 9.64. The van der Waals surface area contributed by atoms with Gasteiger partial charge in [-0.25, -0.2) is 9.78 Å². The van der Waals surface area contributed by atoms with Crippen molar-refractivity contribution in [2.75, 3.05) is 6.54 Å². The standard InChI is InChI=1S/C20H16N4O2S/c25-19-15-4-3-14(24-17-2-1-6-21-18(17)23-20(24)26)9-16(15)13(10-22-19)8-12-5-7-27-11-12/h1-7,9,11,13H,8,10H2,(H,22,25)(H,21,23,26). The fourth-order valence-corrected chi connectivity index (χ4v) is 4.41. The minimum atomic E-state index is -0.238. The SMILES string of the molecule is O=C1NCC(Cc2ccsc2)c2cc(-n3c(=O)[nH]c4ncccc43)ccc21. The maximum atomic E-state index is 12.5. The summed E-state index contributed by atoms with van der Waals surface area (Å²) < 4.78 is 1.61. The predicted molar refractivity (Wildman–Crippen MR) is 105 cm³/mol. The summed E-state index contributed by atoms with van der Waals surface area (Å²) >= 11 is 1.67. The third-order valence-electron chi connectivity index (χ3n) is 5.00. The second-order valence-corrected chi connectivity index (χ2v) is 7.43. The number of hydrogen-bond donors (Lipinski definition) is 2. The van der Waals surface area contributed by atoms with E-state index in [1.807, 2.05) is 18.2 Å². The lowest BCUT2D eigenvalue weighted by atomic mass is 9.86. The number of hydrogen-bond acceptors (Lipinski definition) is 4. The number of carbonyl (C=O) groups excluding carboxylic acids is 1. The summed E-state index contributed by atoms with van der Waals surface area (Å²) in [5.41, 5.74) is 4.68. The number of carbonyl (C=O) groups is 1. The minimum absolute atomic E-state index is 0.0638. The Kier molecular flexibility index (Phi) is 3.68. The molecule has 134 valence electrons. The van der Waals surface area contributed by atoms with Gasteiger partial charge in [0.05, 0.1) is 11.2 Å². The van der Waals surface area contributed by atoms with Crippen LogP contribution in [0.5, 0.6) is 0 Å². The Balaban J connectivity index is 1.65. The lowest BCUT2D eigenvalue weighted by Gasteiger charge is -2.26. The van der Waals surface area contributed by atoms with Gasteiger partial charge in [0, 0.05) is 24.2 Å². The minimum Gasteiger partial charge on any atom is -0.351 e. The van der Waals surface area contributed by atoms with Gasteiger partial charge < -0.3 is 5.32 Å². The zero-order chi connectivity index (χ0) is 18.4. The average Bonchev–Trinajstić information content (AvgIpc) is 3.30.